The molecule has 0 heterocycles. The molecule has 0 bridgehead atoms. The van der Waals surface area contributed by atoms with E-state index in [1.807, 2.05) is 12.1 Å². The largest absolute Gasteiger partial charge is 0.496 e. The van der Waals surface area contributed by atoms with Gasteiger partial charge in [0.2, 0.25) is 5.91 Å². The van der Waals surface area contributed by atoms with Gasteiger partial charge in [0.25, 0.3) is 0 Å². The third kappa shape index (κ3) is 4.19. The third-order valence-electron chi connectivity index (χ3n) is 4.15. The lowest BCUT2D eigenvalue weighted by molar-refractivity contribution is -0.119. The molecule has 0 unspecified atom stereocenters. The van der Waals surface area contributed by atoms with E-state index >= 15 is 0 Å². The van der Waals surface area contributed by atoms with E-state index in [4.69, 9.17) is 16.2 Å². The Bertz CT molecular complexity index is 484. The van der Waals surface area contributed by atoms with Crippen molar-refractivity contribution >= 4 is 5.91 Å². The Morgan fingerprint density at radius 3 is 2.67 bits per heavy atom. The van der Waals surface area contributed by atoms with Crippen molar-refractivity contribution in [2.75, 3.05) is 13.7 Å². The Morgan fingerprint density at radius 2 is 2.10 bits per heavy atom. The molecule has 21 heavy (non-hydrogen) atoms. The highest BCUT2D eigenvalue weighted by atomic mass is 16.5. The van der Waals surface area contributed by atoms with Gasteiger partial charge in [-0.05, 0) is 30.5 Å². The lowest BCUT2D eigenvalue weighted by Crippen LogP contribution is -2.39. The minimum absolute atomic E-state index is 0.269. The number of ether oxygens (including phenoxy) is 1. The lowest BCUT2D eigenvalue weighted by Gasteiger charge is -2.27. The molecule has 0 radical (unpaired) electrons. The van der Waals surface area contributed by atoms with E-state index < -0.39 is 0 Å². The molecular formula is C16H25N3O2. The molecule has 1 aliphatic carbocycles. The average molecular weight is 291 g/mol. The number of rotatable bonds is 7. The number of hydrogen-bond acceptors (Lipinski definition) is 4. The van der Waals surface area contributed by atoms with Crippen molar-refractivity contribution in [3.05, 3.63) is 29.3 Å². The van der Waals surface area contributed by atoms with Crippen LogP contribution in [0.15, 0.2) is 18.2 Å². The maximum Gasteiger partial charge on any atom is 0.231 e. The van der Waals surface area contributed by atoms with Gasteiger partial charge in [0, 0.05) is 24.7 Å². The summed E-state index contributed by atoms with van der Waals surface area (Å²) in [4.78, 5) is 13.5. The second-order valence-corrected chi connectivity index (χ2v) is 5.66. The summed E-state index contributed by atoms with van der Waals surface area (Å²) in [7, 11) is 1.64. The van der Waals surface area contributed by atoms with Gasteiger partial charge in [-0.1, -0.05) is 18.9 Å². The van der Waals surface area contributed by atoms with Crippen molar-refractivity contribution in [1.29, 1.82) is 0 Å². The highest BCUT2D eigenvalue weighted by Crippen LogP contribution is 2.26. The van der Waals surface area contributed by atoms with Crippen LogP contribution in [-0.4, -0.2) is 30.5 Å². The van der Waals surface area contributed by atoms with Gasteiger partial charge in [-0.25, -0.2) is 0 Å². The summed E-state index contributed by atoms with van der Waals surface area (Å²) in [6.07, 6.45) is 4.76. The predicted molar refractivity (Wildman–Crippen MR) is 82.7 cm³/mol. The number of nitrogens with zero attached hydrogens (tertiary/aromatic N) is 1. The molecule has 1 fully saturated rings. The molecule has 1 aromatic rings. The highest BCUT2D eigenvalue weighted by Gasteiger charge is 2.24. The van der Waals surface area contributed by atoms with Crippen LogP contribution < -0.4 is 16.2 Å². The topological polar surface area (TPSA) is 81.6 Å². The first-order chi connectivity index (χ1) is 10.1. The Kier molecular flexibility index (Phi) is 5.59. The third-order valence-corrected chi connectivity index (χ3v) is 4.15. The molecular weight excluding hydrogens is 266 g/mol. The van der Waals surface area contributed by atoms with E-state index in [1.54, 1.807) is 7.11 Å². The van der Waals surface area contributed by atoms with E-state index in [-0.39, 0.29) is 5.91 Å². The molecule has 4 N–H and O–H groups in total. The van der Waals surface area contributed by atoms with Gasteiger partial charge in [0.1, 0.15) is 5.75 Å². The molecule has 1 saturated carbocycles. The summed E-state index contributed by atoms with van der Waals surface area (Å²) in [6.45, 7) is 1.48. The number of amides is 1. The number of nitrogens with two attached hydrogens (primary N) is 2. The highest BCUT2D eigenvalue weighted by molar-refractivity contribution is 5.76. The second-order valence-electron chi connectivity index (χ2n) is 5.66. The molecule has 116 valence electrons. The fourth-order valence-corrected chi connectivity index (χ4v) is 3.11. The summed E-state index contributed by atoms with van der Waals surface area (Å²) in [5.74, 6) is 0.540. The molecule has 5 nitrogen and oxygen atoms in total. The van der Waals surface area contributed by atoms with Crippen LogP contribution in [0.3, 0.4) is 0 Å². The second kappa shape index (κ2) is 7.43. The zero-order valence-electron chi connectivity index (χ0n) is 12.7. The van der Waals surface area contributed by atoms with Crippen molar-refractivity contribution in [3.8, 4) is 5.75 Å². The molecule has 0 aliphatic heterocycles. The van der Waals surface area contributed by atoms with Gasteiger partial charge < -0.3 is 16.2 Å². The molecule has 0 atom stereocenters. The standard InChI is InChI=1S/C16H25N3O2/c1-21-15-7-6-12(8-13(15)9-17)10-19(11-16(18)20)14-4-2-3-5-14/h6-8,14H,2-5,9-11,17H2,1H3,(H2,18,20). The van der Waals surface area contributed by atoms with Crippen molar-refractivity contribution < 1.29 is 9.53 Å². The Morgan fingerprint density at radius 1 is 1.38 bits per heavy atom. The molecule has 2 rings (SSSR count). The first-order valence-electron chi connectivity index (χ1n) is 7.52. The monoisotopic (exact) mass is 291 g/mol. The first kappa shape index (κ1) is 15.8. The Labute approximate surface area is 126 Å². The Hall–Kier alpha value is -1.59. The van der Waals surface area contributed by atoms with Crippen LogP contribution >= 0.6 is 0 Å². The van der Waals surface area contributed by atoms with Gasteiger partial charge in [0.05, 0.1) is 13.7 Å². The van der Waals surface area contributed by atoms with Gasteiger partial charge >= 0.3 is 0 Å². The smallest absolute Gasteiger partial charge is 0.231 e. The molecule has 5 heteroatoms. The van der Waals surface area contributed by atoms with Crippen LogP contribution in [0.25, 0.3) is 0 Å². The summed E-state index contributed by atoms with van der Waals surface area (Å²) < 4.78 is 5.29. The Balaban J connectivity index is 2.13. The van der Waals surface area contributed by atoms with Crippen molar-refractivity contribution in [3.63, 3.8) is 0 Å². The fraction of sp³-hybridized carbons (Fsp3) is 0.562. The average Bonchev–Trinajstić information content (AvgIpc) is 3.00. The minimum Gasteiger partial charge on any atom is -0.496 e. The molecule has 1 amide bonds. The quantitative estimate of drug-likeness (QED) is 0.795. The molecule has 0 saturated heterocycles. The van der Waals surface area contributed by atoms with Crippen LogP contribution in [0, 0.1) is 0 Å². The van der Waals surface area contributed by atoms with E-state index in [1.165, 1.54) is 12.8 Å². The number of primary amides is 1. The zero-order valence-corrected chi connectivity index (χ0v) is 12.7. The van der Waals surface area contributed by atoms with Crippen LogP contribution in [0.2, 0.25) is 0 Å². The van der Waals surface area contributed by atoms with Gasteiger partial charge in [-0.15, -0.1) is 0 Å². The van der Waals surface area contributed by atoms with E-state index in [2.05, 4.69) is 11.0 Å². The number of carbonyl (C=O) groups is 1. The van der Waals surface area contributed by atoms with Gasteiger partial charge in [-0.2, -0.15) is 0 Å². The van der Waals surface area contributed by atoms with Crippen molar-refractivity contribution in [2.45, 2.75) is 44.8 Å². The number of hydrogen-bond donors (Lipinski definition) is 2. The first-order valence-corrected chi connectivity index (χ1v) is 7.52. The van der Waals surface area contributed by atoms with Crippen LogP contribution in [0.1, 0.15) is 36.8 Å². The number of methoxy groups -OCH3 is 1. The van der Waals surface area contributed by atoms with Crippen LogP contribution in [-0.2, 0) is 17.9 Å². The zero-order chi connectivity index (χ0) is 15.2. The minimum atomic E-state index is -0.269. The lowest BCUT2D eigenvalue weighted by atomic mass is 10.1. The van der Waals surface area contributed by atoms with Crippen LogP contribution in [0.4, 0.5) is 0 Å². The maximum absolute atomic E-state index is 11.3. The summed E-state index contributed by atoms with van der Waals surface area (Å²) in [5, 5.41) is 0. The van der Waals surface area contributed by atoms with E-state index in [0.29, 0.717) is 19.1 Å². The van der Waals surface area contributed by atoms with E-state index in [9.17, 15) is 4.79 Å². The van der Waals surface area contributed by atoms with Gasteiger partial charge in [0.15, 0.2) is 0 Å². The van der Waals surface area contributed by atoms with E-state index in [0.717, 1.165) is 36.3 Å². The fourth-order valence-electron chi connectivity index (χ4n) is 3.11. The van der Waals surface area contributed by atoms with Crippen molar-refractivity contribution in [2.24, 2.45) is 11.5 Å². The summed E-state index contributed by atoms with van der Waals surface area (Å²) in [5.41, 5.74) is 13.3. The normalized spacial score (nSPS) is 15.6. The summed E-state index contributed by atoms with van der Waals surface area (Å²) in [6, 6.07) is 6.48. The molecule has 0 spiro atoms. The summed E-state index contributed by atoms with van der Waals surface area (Å²) >= 11 is 0. The molecule has 0 aromatic heterocycles. The van der Waals surface area contributed by atoms with Crippen LogP contribution in [0.5, 0.6) is 5.75 Å². The SMILES string of the molecule is COc1ccc(CN(CC(N)=O)C2CCCC2)cc1CN. The molecule has 1 aliphatic rings. The number of carbonyl (C=O) groups excluding carboxylic acids is 1. The van der Waals surface area contributed by atoms with Crippen molar-refractivity contribution in [1.82, 2.24) is 4.90 Å². The molecule has 1 aromatic carbocycles. The maximum atomic E-state index is 11.3. The predicted octanol–water partition coefficient (Wildman–Crippen LogP) is 1.38. The number of benzene rings is 1. The van der Waals surface area contributed by atoms with Gasteiger partial charge in [-0.3, -0.25) is 9.69 Å².